The fraction of sp³-hybridized carbons (Fsp3) is 0.0769. The van der Waals surface area contributed by atoms with Crippen LogP contribution in [0.2, 0.25) is 0 Å². The summed E-state index contributed by atoms with van der Waals surface area (Å²) in [6, 6.07) is 9.99. The predicted molar refractivity (Wildman–Crippen MR) is 67.1 cm³/mol. The molecule has 3 aromatic rings. The average molecular weight is 237 g/mol. The number of hydrogen-bond donors (Lipinski definition) is 0. The quantitative estimate of drug-likeness (QED) is 0.684. The van der Waals surface area contributed by atoms with Crippen LogP contribution in [0.15, 0.2) is 49.2 Å². The topological polar surface area (TPSA) is 56.5 Å². The normalized spacial score (nSPS) is 10.5. The van der Waals surface area contributed by atoms with E-state index in [1.165, 1.54) is 11.9 Å². The standard InChI is InChI=1S/C13H11N5/c1-10-2-4-11(5-3-10)18-9-16-17-13(18)12-6-7-14-8-15-12/h2-9H,1H3. The molecule has 2 aromatic heterocycles. The Balaban J connectivity index is 2.10. The van der Waals surface area contributed by atoms with Crippen LogP contribution in [0.5, 0.6) is 0 Å². The maximum Gasteiger partial charge on any atom is 0.187 e. The van der Waals surface area contributed by atoms with Crippen LogP contribution in [-0.4, -0.2) is 24.7 Å². The van der Waals surface area contributed by atoms with Crippen LogP contribution >= 0.6 is 0 Å². The van der Waals surface area contributed by atoms with Gasteiger partial charge in [-0.05, 0) is 25.1 Å². The minimum atomic E-state index is 0.709. The lowest BCUT2D eigenvalue weighted by atomic mass is 10.2. The molecule has 0 radical (unpaired) electrons. The molecule has 88 valence electrons. The van der Waals surface area contributed by atoms with Crippen molar-refractivity contribution in [2.24, 2.45) is 0 Å². The molecule has 0 aliphatic rings. The second kappa shape index (κ2) is 4.37. The molecule has 18 heavy (non-hydrogen) atoms. The summed E-state index contributed by atoms with van der Waals surface area (Å²) in [5, 5.41) is 8.06. The first-order chi connectivity index (χ1) is 8.84. The van der Waals surface area contributed by atoms with Gasteiger partial charge in [-0.3, -0.25) is 4.57 Å². The summed E-state index contributed by atoms with van der Waals surface area (Å²) < 4.78 is 1.90. The molecule has 0 N–H and O–H groups in total. The number of rotatable bonds is 2. The van der Waals surface area contributed by atoms with Crippen molar-refractivity contribution in [2.75, 3.05) is 0 Å². The smallest absolute Gasteiger partial charge is 0.187 e. The fourth-order valence-corrected chi connectivity index (χ4v) is 1.73. The van der Waals surface area contributed by atoms with Crippen molar-refractivity contribution in [3.63, 3.8) is 0 Å². The lowest BCUT2D eigenvalue weighted by Gasteiger charge is -2.05. The Morgan fingerprint density at radius 2 is 1.89 bits per heavy atom. The van der Waals surface area contributed by atoms with Gasteiger partial charge >= 0.3 is 0 Å². The Bertz CT molecular complexity index is 643. The lowest BCUT2D eigenvalue weighted by Crippen LogP contribution is -1.97. The van der Waals surface area contributed by atoms with E-state index in [0.29, 0.717) is 5.82 Å². The molecule has 5 nitrogen and oxygen atoms in total. The van der Waals surface area contributed by atoms with Crippen molar-refractivity contribution in [2.45, 2.75) is 6.92 Å². The zero-order chi connectivity index (χ0) is 12.4. The molecule has 0 aliphatic heterocycles. The molecule has 0 unspecified atom stereocenters. The summed E-state index contributed by atoms with van der Waals surface area (Å²) in [6.07, 6.45) is 4.88. The third-order valence-electron chi connectivity index (χ3n) is 2.67. The van der Waals surface area contributed by atoms with E-state index in [2.05, 4.69) is 39.2 Å². The van der Waals surface area contributed by atoms with Crippen LogP contribution in [0.3, 0.4) is 0 Å². The van der Waals surface area contributed by atoms with Crippen LogP contribution in [-0.2, 0) is 0 Å². The van der Waals surface area contributed by atoms with Gasteiger partial charge in [0.15, 0.2) is 5.82 Å². The summed E-state index contributed by atoms with van der Waals surface area (Å²) in [4.78, 5) is 8.09. The molecule has 0 aliphatic carbocycles. The number of aromatic nitrogens is 5. The highest BCUT2D eigenvalue weighted by Crippen LogP contribution is 2.18. The van der Waals surface area contributed by atoms with Crippen molar-refractivity contribution in [3.05, 3.63) is 54.7 Å². The maximum absolute atomic E-state index is 4.19. The van der Waals surface area contributed by atoms with Crippen LogP contribution in [0, 0.1) is 6.92 Å². The molecule has 3 rings (SSSR count). The van der Waals surface area contributed by atoms with Gasteiger partial charge < -0.3 is 0 Å². The van der Waals surface area contributed by atoms with E-state index in [4.69, 9.17) is 0 Å². The third-order valence-corrected chi connectivity index (χ3v) is 2.67. The van der Waals surface area contributed by atoms with Gasteiger partial charge in [0.2, 0.25) is 0 Å². The van der Waals surface area contributed by atoms with Gasteiger partial charge in [0.1, 0.15) is 18.3 Å². The predicted octanol–water partition coefficient (Wildman–Crippen LogP) is 2.03. The average Bonchev–Trinajstić information content (AvgIpc) is 2.90. The van der Waals surface area contributed by atoms with Crippen LogP contribution in [0.25, 0.3) is 17.2 Å². The van der Waals surface area contributed by atoms with Gasteiger partial charge in [-0.25, -0.2) is 9.97 Å². The zero-order valence-corrected chi connectivity index (χ0v) is 9.85. The molecule has 0 fully saturated rings. The highest BCUT2D eigenvalue weighted by atomic mass is 15.3. The highest BCUT2D eigenvalue weighted by molar-refractivity contribution is 5.52. The molecule has 0 bridgehead atoms. The van der Waals surface area contributed by atoms with Gasteiger partial charge in [0, 0.05) is 11.9 Å². The first-order valence-corrected chi connectivity index (χ1v) is 5.58. The van der Waals surface area contributed by atoms with Gasteiger partial charge in [-0.15, -0.1) is 10.2 Å². The van der Waals surface area contributed by atoms with E-state index in [1.54, 1.807) is 12.5 Å². The second-order valence-electron chi connectivity index (χ2n) is 3.95. The van der Waals surface area contributed by atoms with Gasteiger partial charge in [0.25, 0.3) is 0 Å². The number of benzene rings is 1. The number of aryl methyl sites for hydroxylation is 1. The molecule has 0 saturated heterocycles. The minimum Gasteiger partial charge on any atom is -0.280 e. The fourth-order valence-electron chi connectivity index (χ4n) is 1.73. The first kappa shape index (κ1) is 10.6. The van der Waals surface area contributed by atoms with E-state index in [0.717, 1.165) is 11.4 Å². The van der Waals surface area contributed by atoms with Crippen molar-refractivity contribution in [1.29, 1.82) is 0 Å². The Labute approximate surface area is 104 Å². The lowest BCUT2D eigenvalue weighted by molar-refractivity contribution is 1.04. The van der Waals surface area contributed by atoms with E-state index in [9.17, 15) is 0 Å². The van der Waals surface area contributed by atoms with Crippen LogP contribution in [0.1, 0.15) is 5.56 Å². The minimum absolute atomic E-state index is 0.709. The number of hydrogen-bond acceptors (Lipinski definition) is 4. The Morgan fingerprint density at radius 3 is 2.61 bits per heavy atom. The largest absolute Gasteiger partial charge is 0.280 e. The molecule has 1 aromatic carbocycles. The zero-order valence-electron chi connectivity index (χ0n) is 9.85. The second-order valence-corrected chi connectivity index (χ2v) is 3.95. The molecule has 0 spiro atoms. The molecule has 0 saturated carbocycles. The van der Waals surface area contributed by atoms with Gasteiger partial charge in [0.05, 0.1) is 0 Å². The Kier molecular flexibility index (Phi) is 2.57. The highest BCUT2D eigenvalue weighted by Gasteiger charge is 2.09. The maximum atomic E-state index is 4.19. The number of nitrogens with zero attached hydrogens (tertiary/aromatic N) is 5. The third kappa shape index (κ3) is 1.86. The molecule has 0 atom stereocenters. The summed E-state index contributed by atoms with van der Waals surface area (Å²) in [5.74, 6) is 0.709. The monoisotopic (exact) mass is 237 g/mol. The Hall–Kier alpha value is -2.56. The van der Waals surface area contributed by atoms with E-state index >= 15 is 0 Å². The van der Waals surface area contributed by atoms with Crippen molar-refractivity contribution in [1.82, 2.24) is 24.7 Å². The first-order valence-electron chi connectivity index (χ1n) is 5.58. The summed E-state index contributed by atoms with van der Waals surface area (Å²) in [5.41, 5.74) is 2.98. The SMILES string of the molecule is Cc1ccc(-n2cnnc2-c2ccncn2)cc1. The van der Waals surface area contributed by atoms with Crippen molar-refractivity contribution < 1.29 is 0 Å². The molecule has 5 heteroatoms. The summed E-state index contributed by atoms with van der Waals surface area (Å²) >= 11 is 0. The Morgan fingerprint density at radius 1 is 1.06 bits per heavy atom. The summed E-state index contributed by atoms with van der Waals surface area (Å²) in [7, 11) is 0. The van der Waals surface area contributed by atoms with Crippen molar-refractivity contribution in [3.8, 4) is 17.2 Å². The molecule has 2 heterocycles. The van der Waals surface area contributed by atoms with Crippen LogP contribution in [0.4, 0.5) is 0 Å². The van der Waals surface area contributed by atoms with Gasteiger partial charge in [-0.2, -0.15) is 0 Å². The molecule has 0 amide bonds. The molecular weight excluding hydrogens is 226 g/mol. The van der Waals surface area contributed by atoms with E-state index < -0.39 is 0 Å². The van der Waals surface area contributed by atoms with Crippen LogP contribution < -0.4 is 0 Å². The van der Waals surface area contributed by atoms with E-state index in [1.807, 2.05) is 22.8 Å². The summed E-state index contributed by atoms with van der Waals surface area (Å²) in [6.45, 7) is 2.06. The van der Waals surface area contributed by atoms with Crippen molar-refractivity contribution >= 4 is 0 Å². The van der Waals surface area contributed by atoms with Gasteiger partial charge in [-0.1, -0.05) is 17.7 Å². The van der Waals surface area contributed by atoms with E-state index in [-0.39, 0.29) is 0 Å². The molecular formula is C13H11N5.